The van der Waals surface area contributed by atoms with Gasteiger partial charge in [0.25, 0.3) is 5.56 Å². The van der Waals surface area contributed by atoms with E-state index in [1.165, 1.54) is 5.56 Å². The minimum absolute atomic E-state index is 0.0944. The molecular weight excluding hydrogens is 342 g/mol. The number of fused-ring (bicyclic) bond motifs is 1. The van der Waals surface area contributed by atoms with Crippen molar-refractivity contribution >= 4 is 17.0 Å². The summed E-state index contributed by atoms with van der Waals surface area (Å²) in [6.07, 6.45) is 0.981. The average Bonchev–Trinajstić information content (AvgIpc) is 3.01. The predicted molar refractivity (Wildman–Crippen MR) is 107 cm³/mol. The Balaban J connectivity index is 2.26. The molecule has 0 aliphatic rings. The smallest absolute Gasteiger partial charge is 0.263 e. The first kappa shape index (κ1) is 19.1. The lowest BCUT2D eigenvalue weighted by Gasteiger charge is -2.23. The van der Waals surface area contributed by atoms with Gasteiger partial charge in [-0.05, 0) is 23.5 Å². The van der Waals surface area contributed by atoms with Crippen LogP contribution in [0.4, 0.5) is 5.95 Å². The first-order chi connectivity index (χ1) is 12.9. The molecular formula is C20H27N5O2. The van der Waals surface area contributed by atoms with Crippen LogP contribution in [0, 0.1) is 5.92 Å². The van der Waals surface area contributed by atoms with Crippen molar-refractivity contribution < 1.29 is 5.11 Å². The molecule has 0 fully saturated rings. The van der Waals surface area contributed by atoms with Crippen LogP contribution < -0.4 is 10.5 Å². The first-order valence-corrected chi connectivity index (χ1v) is 9.25. The van der Waals surface area contributed by atoms with E-state index in [0.717, 1.165) is 12.0 Å². The highest BCUT2D eigenvalue weighted by Gasteiger charge is 2.25. The molecule has 0 saturated heterocycles. The quantitative estimate of drug-likeness (QED) is 0.697. The third-order valence-corrected chi connectivity index (χ3v) is 4.82. The zero-order valence-corrected chi connectivity index (χ0v) is 16.5. The van der Waals surface area contributed by atoms with Crippen molar-refractivity contribution in [2.45, 2.75) is 39.8 Å². The van der Waals surface area contributed by atoms with Gasteiger partial charge in [-0.3, -0.25) is 9.78 Å². The summed E-state index contributed by atoms with van der Waals surface area (Å²) in [6.45, 7) is 6.05. The number of hydrogen-bond donors (Lipinski definition) is 2. The van der Waals surface area contributed by atoms with E-state index >= 15 is 0 Å². The Bertz CT molecular complexity index is 986. The Morgan fingerprint density at radius 2 is 1.89 bits per heavy atom. The molecule has 0 aliphatic carbocycles. The molecule has 144 valence electrons. The lowest BCUT2D eigenvalue weighted by Crippen LogP contribution is -2.22. The van der Waals surface area contributed by atoms with Gasteiger partial charge < -0.3 is 10.0 Å². The van der Waals surface area contributed by atoms with Gasteiger partial charge in [-0.2, -0.15) is 10.1 Å². The normalized spacial score (nSPS) is 12.7. The standard InChI is InChI=1S/C20H27N5O2/c1-6-13-7-9-14(10-8-13)17(12(2)3)25-18-16(15(11-26)23-25)19(27)22-20(21-18)24(4)5/h7-10,12,17,26H,6,11H2,1-5H3,(H,21,22,27). The van der Waals surface area contributed by atoms with Crippen LogP contribution >= 0.6 is 0 Å². The molecule has 3 rings (SSSR count). The molecule has 1 unspecified atom stereocenters. The van der Waals surface area contributed by atoms with Crippen molar-refractivity contribution in [3.8, 4) is 0 Å². The molecule has 1 aromatic carbocycles. The fourth-order valence-corrected chi connectivity index (χ4v) is 3.38. The molecule has 3 aromatic rings. The summed E-state index contributed by atoms with van der Waals surface area (Å²) in [5.74, 6) is 0.679. The topological polar surface area (TPSA) is 87.0 Å². The van der Waals surface area contributed by atoms with E-state index in [1.807, 2.05) is 14.1 Å². The molecule has 1 atom stereocenters. The number of aliphatic hydroxyl groups excluding tert-OH is 1. The summed E-state index contributed by atoms with van der Waals surface area (Å²) in [4.78, 5) is 21.8. The fraction of sp³-hybridized carbons (Fsp3) is 0.450. The molecule has 2 heterocycles. The van der Waals surface area contributed by atoms with Gasteiger partial charge in [0.1, 0.15) is 11.1 Å². The second kappa shape index (κ2) is 7.52. The summed E-state index contributed by atoms with van der Waals surface area (Å²) in [6, 6.07) is 8.36. The fourth-order valence-electron chi connectivity index (χ4n) is 3.38. The number of benzene rings is 1. The van der Waals surface area contributed by atoms with Crippen LogP contribution in [-0.4, -0.2) is 39.0 Å². The van der Waals surface area contributed by atoms with E-state index in [2.05, 4.69) is 60.1 Å². The van der Waals surface area contributed by atoms with Gasteiger partial charge in [-0.1, -0.05) is 45.0 Å². The molecule has 0 amide bonds. The molecule has 0 bridgehead atoms. The second-order valence-corrected chi connectivity index (χ2v) is 7.32. The van der Waals surface area contributed by atoms with Crippen LogP contribution in [0.1, 0.15) is 43.6 Å². The summed E-state index contributed by atoms with van der Waals surface area (Å²) in [7, 11) is 3.64. The minimum Gasteiger partial charge on any atom is -0.390 e. The van der Waals surface area contributed by atoms with Crippen molar-refractivity contribution in [3.63, 3.8) is 0 Å². The molecule has 0 saturated carbocycles. The van der Waals surface area contributed by atoms with Crippen LogP contribution in [0.3, 0.4) is 0 Å². The zero-order valence-electron chi connectivity index (χ0n) is 16.5. The zero-order chi connectivity index (χ0) is 19.7. The van der Waals surface area contributed by atoms with Crippen LogP contribution in [0.5, 0.6) is 0 Å². The number of H-pyrrole nitrogens is 1. The van der Waals surface area contributed by atoms with Gasteiger partial charge in [-0.25, -0.2) is 4.68 Å². The number of aromatic nitrogens is 4. The van der Waals surface area contributed by atoms with Gasteiger partial charge in [0.15, 0.2) is 5.65 Å². The van der Waals surface area contributed by atoms with Gasteiger partial charge in [0.05, 0.1) is 12.6 Å². The number of nitrogens with one attached hydrogen (secondary N) is 1. The Morgan fingerprint density at radius 1 is 1.22 bits per heavy atom. The van der Waals surface area contributed by atoms with Gasteiger partial charge in [0.2, 0.25) is 5.95 Å². The number of aromatic amines is 1. The van der Waals surface area contributed by atoms with Crippen molar-refractivity contribution in [1.29, 1.82) is 0 Å². The van der Waals surface area contributed by atoms with Crippen molar-refractivity contribution in [3.05, 3.63) is 51.4 Å². The summed E-state index contributed by atoms with van der Waals surface area (Å²) >= 11 is 0. The van der Waals surface area contributed by atoms with Gasteiger partial charge >= 0.3 is 0 Å². The third-order valence-electron chi connectivity index (χ3n) is 4.82. The maximum absolute atomic E-state index is 12.6. The van der Waals surface area contributed by atoms with Crippen molar-refractivity contribution in [1.82, 2.24) is 19.7 Å². The maximum Gasteiger partial charge on any atom is 0.263 e. The molecule has 27 heavy (non-hydrogen) atoms. The predicted octanol–water partition coefficient (Wildman–Crippen LogP) is 2.49. The van der Waals surface area contributed by atoms with Crippen LogP contribution in [0.25, 0.3) is 11.0 Å². The molecule has 2 N–H and O–H groups in total. The number of aryl methyl sites for hydroxylation is 1. The van der Waals surface area contributed by atoms with Crippen molar-refractivity contribution in [2.24, 2.45) is 5.92 Å². The third kappa shape index (κ3) is 3.47. The molecule has 0 spiro atoms. The monoisotopic (exact) mass is 369 g/mol. The Labute approximate surface area is 158 Å². The van der Waals surface area contributed by atoms with Crippen LogP contribution in [-0.2, 0) is 13.0 Å². The highest BCUT2D eigenvalue weighted by Crippen LogP contribution is 2.30. The van der Waals surface area contributed by atoms with E-state index in [0.29, 0.717) is 22.7 Å². The number of anilines is 1. The number of hydrogen-bond acceptors (Lipinski definition) is 5. The van der Waals surface area contributed by atoms with E-state index in [9.17, 15) is 9.90 Å². The Hall–Kier alpha value is -2.67. The number of nitrogens with zero attached hydrogens (tertiary/aromatic N) is 4. The SMILES string of the molecule is CCc1ccc(C(C(C)C)n2nc(CO)c3c(=O)[nH]c(N(C)C)nc32)cc1. The molecule has 2 aromatic heterocycles. The van der Waals surface area contributed by atoms with Gasteiger partial charge in [0, 0.05) is 14.1 Å². The maximum atomic E-state index is 12.6. The minimum atomic E-state index is -0.310. The van der Waals surface area contributed by atoms with E-state index in [-0.39, 0.29) is 24.1 Å². The van der Waals surface area contributed by atoms with E-state index in [1.54, 1.807) is 9.58 Å². The average molecular weight is 369 g/mol. The van der Waals surface area contributed by atoms with Gasteiger partial charge in [-0.15, -0.1) is 0 Å². The van der Waals surface area contributed by atoms with Crippen LogP contribution in [0.15, 0.2) is 29.1 Å². The number of rotatable bonds is 6. The largest absolute Gasteiger partial charge is 0.390 e. The highest BCUT2D eigenvalue weighted by atomic mass is 16.3. The molecule has 7 heteroatoms. The van der Waals surface area contributed by atoms with Crippen LogP contribution in [0.2, 0.25) is 0 Å². The van der Waals surface area contributed by atoms with Crippen molar-refractivity contribution in [2.75, 3.05) is 19.0 Å². The number of aliphatic hydroxyl groups is 1. The lowest BCUT2D eigenvalue weighted by molar-refractivity contribution is 0.274. The Kier molecular flexibility index (Phi) is 5.32. The molecule has 0 radical (unpaired) electrons. The van der Waals surface area contributed by atoms with E-state index in [4.69, 9.17) is 0 Å². The Morgan fingerprint density at radius 3 is 2.41 bits per heavy atom. The first-order valence-electron chi connectivity index (χ1n) is 9.25. The highest BCUT2D eigenvalue weighted by molar-refractivity contribution is 5.78. The summed E-state index contributed by atoms with van der Waals surface area (Å²) in [5, 5.41) is 14.7. The molecule has 0 aliphatic heterocycles. The second-order valence-electron chi connectivity index (χ2n) is 7.32. The summed E-state index contributed by atoms with van der Waals surface area (Å²) in [5.41, 5.74) is 2.92. The van der Waals surface area contributed by atoms with E-state index < -0.39 is 0 Å². The molecule has 7 nitrogen and oxygen atoms in total. The summed E-state index contributed by atoms with van der Waals surface area (Å²) < 4.78 is 1.79. The lowest BCUT2D eigenvalue weighted by atomic mass is 9.95.